The largest absolute Gasteiger partial charge is 0.398 e. The Hall–Kier alpha value is -1.82. The average molecular weight is 337 g/mol. The van der Waals surface area contributed by atoms with E-state index in [1.54, 1.807) is 6.20 Å². The molecule has 1 amide bonds. The Kier molecular flexibility index (Phi) is 4.79. The molecule has 106 valence electrons. The molecule has 0 unspecified atom stereocenters. The maximum atomic E-state index is 11.4. The molecule has 2 aromatic rings. The molecular formula is C14H17BrN4O. The van der Waals surface area contributed by atoms with Crippen molar-refractivity contribution in [1.29, 1.82) is 0 Å². The van der Waals surface area contributed by atoms with Crippen LogP contribution in [0.3, 0.4) is 0 Å². The van der Waals surface area contributed by atoms with Gasteiger partial charge >= 0.3 is 0 Å². The van der Waals surface area contributed by atoms with Crippen LogP contribution < -0.4 is 16.4 Å². The highest BCUT2D eigenvalue weighted by Crippen LogP contribution is 2.28. The molecule has 6 heteroatoms. The van der Waals surface area contributed by atoms with Crippen molar-refractivity contribution in [3.63, 3.8) is 0 Å². The molecule has 0 radical (unpaired) electrons. The number of anilines is 2. The van der Waals surface area contributed by atoms with Crippen molar-refractivity contribution in [3.8, 4) is 0 Å². The molecule has 0 aliphatic heterocycles. The van der Waals surface area contributed by atoms with Crippen molar-refractivity contribution < 1.29 is 4.79 Å². The third-order valence-electron chi connectivity index (χ3n) is 2.89. The van der Waals surface area contributed by atoms with Crippen molar-refractivity contribution >= 4 is 44.1 Å². The summed E-state index contributed by atoms with van der Waals surface area (Å²) in [5.74, 6) is 0.0375. The fraction of sp³-hybridized carbons (Fsp3) is 0.286. The van der Waals surface area contributed by atoms with E-state index in [0.717, 1.165) is 21.1 Å². The topological polar surface area (TPSA) is 80.0 Å². The average Bonchev–Trinajstić information content (AvgIpc) is 2.42. The van der Waals surface area contributed by atoms with Gasteiger partial charge in [-0.15, -0.1) is 0 Å². The Morgan fingerprint density at radius 3 is 3.00 bits per heavy atom. The van der Waals surface area contributed by atoms with Gasteiger partial charge in [-0.25, -0.2) is 0 Å². The predicted molar refractivity (Wildman–Crippen MR) is 85.6 cm³/mol. The summed E-state index contributed by atoms with van der Waals surface area (Å²) in [5.41, 5.74) is 8.33. The molecule has 0 saturated heterocycles. The molecule has 0 aliphatic rings. The predicted octanol–water partition coefficient (Wildman–Crippen LogP) is 2.52. The van der Waals surface area contributed by atoms with E-state index < -0.39 is 0 Å². The zero-order valence-electron chi connectivity index (χ0n) is 11.2. The number of hydrogen-bond donors (Lipinski definition) is 3. The smallest absolute Gasteiger partial charge is 0.221 e. The number of amides is 1. The Morgan fingerprint density at radius 1 is 1.45 bits per heavy atom. The number of benzene rings is 1. The molecule has 0 aliphatic carbocycles. The number of pyridine rings is 1. The van der Waals surface area contributed by atoms with E-state index in [1.165, 1.54) is 0 Å². The summed E-state index contributed by atoms with van der Waals surface area (Å²) in [6.45, 7) is 3.11. The highest BCUT2D eigenvalue weighted by atomic mass is 79.9. The van der Waals surface area contributed by atoms with E-state index >= 15 is 0 Å². The number of nitrogen functional groups attached to an aromatic ring is 1. The fourth-order valence-corrected chi connectivity index (χ4v) is 2.29. The summed E-state index contributed by atoms with van der Waals surface area (Å²) in [7, 11) is 0. The Morgan fingerprint density at radius 2 is 2.25 bits per heavy atom. The Bertz CT molecular complexity index is 630. The van der Waals surface area contributed by atoms with E-state index in [-0.39, 0.29) is 5.91 Å². The Labute approximate surface area is 126 Å². The normalized spacial score (nSPS) is 10.5. The monoisotopic (exact) mass is 336 g/mol. The van der Waals surface area contributed by atoms with Crippen LogP contribution in [-0.4, -0.2) is 24.0 Å². The molecule has 2 rings (SSSR count). The van der Waals surface area contributed by atoms with Crippen LogP contribution in [0.25, 0.3) is 10.9 Å². The van der Waals surface area contributed by atoms with Gasteiger partial charge in [0, 0.05) is 41.3 Å². The summed E-state index contributed by atoms with van der Waals surface area (Å²) < 4.78 is 0.885. The quantitative estimate of drug-likeness (QED) is 0.733. The first-order valence-corrected chi connectivity index (χ1v) is 7.25. The first-order chi connectivity index (χ1) is 9.61. The highest BCUT2D eigenvalue weighted by molar-refractivity contribution is 9.10. The first kappa shape index (κ1) is 14.6. The molecule has 0 saturated carbocycles. The van der Waals surface area contributed by atoms with E-state index in [0.29, 0.717) is 25.2 Å². The Balaban J connectivity index is 2.15. The molecule has 0 spiro atoms. The lowest BCUT2D eigenvalue weighted by Gasteiger charge is -2.11. The standard InChI is InChI=1S/C14H17BrN4O/c1-2-17-13(20)5-6-18-12-4-3-11(16)10-7-9(15)8-19-14(10)12/h3-4,7-8,18H,2,5-6,16H2,1H3,(H,17,20). The van der Waals surface area contributed by atoms with Crippen LogP contribution in [0, 0.1) is 0 Å². The number of rotatable bonds is 5. The second kappa shape index (κ2) is 6.56. The van der Waals surface area contributed by atoms with Gasteiger partial charge in [-0.1, -0.05) is 0 Å². The highest BCUT2D eigenvalue weighted by Gasteiger charge is 2.07. The van der Waals surface area contributed by atoms with Crippen LogP contribution >= 0.6 is 15.9 Å². The summed E-state index contributed by atoms with van der Waals surface area (Å²) in [6, 6.07) is 5.66. The summed E-state index contributed by atoms with van der Waals surface area (Å²) in [4.78, 5) is 15.8. The lowest BCUT2D eigenvalue weighted by molar-refractivity contribution is -0.120. The molecule has 1 heterocycles. The lowest BCUT2D eigenvalue weighted by atomic mass is 10.1. The second-order valence-electron chi connectivity index (χ2n) is 4.38. The van der Waals surface area contributed by atoms with Gasteiger partial charge in [-0.2, -0.15) is 0 Å². The third kappa shape index (κ3) is 3.39. The summed E-state index contributed by atoms with van der Waals surface area (Å²) in [6.07, 6.45) is 2.16. The number of hydrogen-bond acceptors (Lipinski definition) is 4. The van der Waals surface area contributed by atoms with Gasteiger partial charge in [0.1, 0.15) is 0 Å². The SMILES string of the molecule is CCNC(=O)CCNc1ccc(N)c2cc(Br)cnc12. The molecule has 1 aromatic heterocycles. The van der Waals surface area contributed by atoms with Crippen molar-refractivity contribution in [1.82, 2.24) is 10.3 Å². The van der Waals surface area contributed by atoms with Crippen molar-refractivity contribution in [2.24, 2.45) is 0 Å². The van der Waals surface area contributed by atoms with Crippen LogP contribution in [0.15, 0.2) is 28.9 Å². The van der Waals surface area contributed by atoms with E-state index in [9.17, 15) is 4.79 Å². The van der Waals surface area contributed by atoms with Gasteiger partial charge in [-0.3, -0.25) is 9.78 Å². The number of carbonyl (C=O) groups excluding carboxylic acids is 1. The molecule has 4 N–H and O–H groups in total. The maximum Gasteiger partial charge on any atom is 0.221 e. The molecule has 0 atom stereocenters. The minimum Gasteiger partial charge on any atom is -0.398 e. The van der Waals surface area contributed by atoms with Gasteiger partial charge in [0.2, 0.25) is 5.91 Å². The lowest BCUT2D eigenvalue weighted by Crippen LogP contribution is -2.24. The number of nitrogens with one attached hydrogen (secondary N) is 2. The van der Waals surface area contributed by atoms with Crippen LogP contribution in [0.4, 0.5) is 11.4 Å². The number of nitrogens with zero attached hydrogens (tertiary/aromatic N) is 1. The summed E-state index contributed by atoms with van der Waals surface area (Å²) in [5, 5.41) is 6.89. The number of fused-ring (bicyclic) bond motifs is 1. The molecular weight excluding hydrogens is 320 g/mol. The maximum absolute atomic E-state index is 11.4. The van der Waals surface area contributed by atoms with Gasteiger partial charge in [0.05, 0.1) is 11.2 Å². The molecule has 0 bridgehead atoms. The van der Waals surface area contributed by atoms with E-state index in [1.807, 2.05) is 25.1 Å². The minimum atomic E-state index is 0.0375. The third-order valence-corrected chi connectivity index (χ3v) is 3.33. The van der Waals surface area contributed by atoms with Gasteiger partial charge < -0.3 is 16.4 Å². The van der Waals surface area contributed by atoms with Crippen LogP contribution in [0.5, 0.6) is 0 Å². The molecule has 5 nitrogen and oxygen atoms in total. The number of carbonyl (C=O) groups is 1. The second-order valence-corrected chi connectivity index (χ2v) is 5.30. The van der Waals surface area contributed by atoms with Crippen molar-refractivity contribution in [2.75, 3.05) is 24.1 Å². The fourth-order valence-electron chi connectivity index (χ4n) is 1.95. The van der Waals surface area contributed by atoms with Crippen LogP contribution in [0.2, 0.25) is 0 Å². The number of aromatic nitrogens is 1. The van der Waals surface area contributed by atoms with Crippen molar-refractivity contribution in [3.05, 3.63) is 28.9 Å². The zero-order chi connectivity index (χ0) is 14.5. The van der Waals surface area contributed by atoms with Crippen LogP contribution in [0.1, 0.15) is 13.3 Å². The first-order valence-electron chi connectivity index (χ1n) is 6.46. The molecule has 0 fully saturated rings. The molecule has 1 aromatic carbocycles. The van der Waals surface area contributed by atoms with Gasteiger partial charge in [0.25, 0.3) is 0 Å². The van der Waals surface area contributed by atoms with Crippen LogP contribution in [-0.2, 0) is 4.79 Å². The number of halogens is 1. The minimum absolute atomic E-state index is 0.0375. The van der Waals surface area contributed by atoms with Gasteiger partial charge in [0.15, 0.2) is 0 Å². The zero-order valence-corrected chi connectivity index (χ0v) is 12.8. The summed E-state index contributed by atoms with van der Waals surface area (Å²) >= 11 is 3.39. The number of nitrogens with two attached hydrogens (primary N) is 1. The molecule has 20 heavy (non-hydrogen) atoms. The van der Waals surface area contributed by atoms with E-state index in [4.69, 9.17) is 5.73 Å². The van der Waals surface area contributed by atoms with E-state index in [2.05, 4.69) is 31.5 Å². The van der Waals surface area contributed by atoms with Gasteiger partial charge in [-0.05, 0) is 41.1 Å². The van der Waals surface area contributed by atoms with Crippen molar-refractivity contribution in [2.45, 2.75) is 13.3 Å².